The Balaban J connectivity index is 2.07. The highest BCUT2D eigenvalue weighted by atomic mass is 15.5. The van der Waals surface area contributed by atoms with Gasteiger partial charge in [0.1, 0.15) is 5.82 Å². The lowest BCUT2D eigenvalue weighted by molar-refractivity contribution is 0.135. The minimum atomic E-state index is 0.589. The molecule has 88 valence electrons. The Morgan fingerprint density at radius 2 is 2.00 bits per heavy atom. The van der Waals surface area contributed by atoms with E-state index in [0.29, 0.717) is 12.1 Å². The van der Waals surface area contributed by atoms with E-state index in [0.717, 1.165) is 5.82 Å². The quantitative estimate of drug-likeness (QED) is 0.829. The maximum atomic E-state index is 4.35. The number of nitrogens with one attached hydrogen (secondary N) is 1. The molecule has 1 aliphatic heterocycles. The Kier molecular flexibility index (Phi) is 3.44. The van der Waals surface area contributed by atoms with Crippen molar-refractivity contribution >= 4 is 5.82 Å². The van der Waals surface area contributed by atoms with Crippen LogP contribution in [0.5, 0.6) is 0 Å². The minimum Gasteiger partial charge on any atom is -0.303 e. The van der Waals surface area contributed by atoms with Crippen LogP contribution in [0.1, 0.15) is 38.7 Å². The van der Waals surface area contributed by atoms with Crippen molar-refractivity contribution < 1.29 is 0 Å². The summed E-state index contributed by atoms with van der Waals surface area (Å²) in [7, 11) is 0. The summed E-state index contributed by atoms with van der Waals surface area (Å²) in [4.78, 5) is 4.35. The summed E-state index contributed by atoms with van der Waals surface area (Å²) < 4.78 is 0. The van der Waals surface area contributed by atoms with E-state index in [1.807, 2.05) is 12.3 Å². The van der Waals surface area contributed by atoms with Crippen LogP contribution in [0.15, 0.2) is 18.3 Å². The average Bonchev–Trinajstić information content (AvgIpc) is 2.24. The van der Waals surface area contributed by atoms with Gasteiger partial charge in [-0.05, 0) is 51.3 Å². The Bertz CT molecular complexity index is 341. The first-order chi connectivity index (χ1) is 7.66. The largest absolute Gasteiger partial charge is 0.303 e. The predicted molar refractivity (Wildman–Crippen MR) is 67.2 cm³/mol. The van der Waals surface area contributed by atoms with Gasteiger partial charge in [0.05, 0.1) is 0 Å². The standard InChI is InChI=1S/C13H21N3/c1-10-7-8-14-13(9-10)15-16-11(2)5-4-6-12(16)3/h7-9,11-12H,4-6H2,1-3H3,(H,14,15)/t11-,12+. The second-order valence-corrected chi connectivity index (χ2v) is 4.87. The molecule has 0 bridgehead atoms. The molecule has 2 heterocycles. The molecule has 1 saturated heterocycles. The van der Waals surface area contributed by atoms with Crippen LogP contribution in [-0.2, 0) is 0 Å². The van der Waals surface area contributed by atoms with E-state index in [9.17, 15) is 0 Å². The Labute approximate surface area is 97.8 Å². The number of hydrogen-bond donors (Lipinski definition) is 1. The molecule has 1 N–H and O–H groups in total. The Morgan fingerprint density at radius 1 is 1.31 bits per heavy atom. The highest BCUT2D eigenvalue weighted by molar-refractivity contribution is 5.36. The second-order valence-electron chi connectivity index (χ2n) is 4.87. The predicted octanol–water partition coefficient (Wildman–Crippen LogP) is 2.98. The summed E-state index contributed by atoms with van der Waals surface area (Å²) in [5, 5.41) is 2.34. The number of rotatable bonds is 2. The van der Waals surface area contributed by atoms with E-state index < -0.39 is 0 Å². The number of nitrogens with zero attached hydrogens (tertiary/aromatic N) is 2. The molecule has 0 amide bonds. The lowest BCUT2D eigenvalue weighted by Crippen LogP contribution is -2.47. The highest BCUT2D eigenvalue weighted by Crippen LogP contribution is 2.22. The molecule has 0 saturated carbocycles. The molecule has 1 aromatic rings. The van der Waals surface area contributed by atoms with Crippen molar-refractivity contribution in [2.24, 2.45) is 0 Å². The van der Waals surface area contributed by atoms with Crippen molar-refractivity contribution in [3.05, 3.63) is 23.9 Å². The van der Waals surface area contributed by atoms with Gasteiger partial charge in [-0.1, -0.05) is 6.42 Å². The SMILES string of the molecule is Cc1ccnc(NN2[C@H](C)CCC[C@@H]2C)c1. The molecule has 0 unspecified atom stereocenters. The zero-order chi connectivity index (χ0) is 11.5. The second kappa shape index (κ2) is 4.83. The van der Waals surface area contributed by atoms with E-state index in [1.165, 1.54) is 24.8 Å². The topological polar surface area (TPSA) is 28.2 Å². The Morgan fingerprint density at radius 3 is 2.62 bits per heavy atom. The molecular weight excluding hydrogens is 198 g/mol. The van der Waals surface area contributed by atoms with Crippen LogP contribution in [0.4, 0.5) is 5.82 Å². The zero-order valence-electron chi connectivity index (χ0n) is 10.4. The molecule has 3 nitrogen and oxygen atoms in total. The van der Waals surface area contributed by atoms with Crippen molar-refractivity contribution in [2.75, 3.05) is 5.43 Å². The monoisotopic (exact) mass is 219 g/mol. The summed E-state index contributed by atoms with van der Waals surface area (Å²) in [5.74, 6) is 0.959. The number of aromatic nitrogens is 1. The number of piperidine rings is 1. The molecule has 0 spiro atoms. The first-order valence-corrected chi connectivity index (χ1v) is 6.14. The Hall–Kier alpha value is -1.09. The van der Waals surface area contributed by atoms with Crippen molar-refractivity contribution in [1.82, 2.24) is 9.99 Å². The van der Waals surface area contributed by atoms with Gasteiger partial charge in [0.25, 0.3) is 0 Å². The van der Waals surface area contributed by atoms with Crippen LogP contribution < -0.4 is 5.43 Å². The number of aryl methyl sites for hydroxylation is 1. The summed E-state index contributed by atoms with van der Waals surface area (Å²) in [6.07, 6.45) is 5.73. The smallest absolute Gasteiger partial charge is 0.140 e. The number of hydrazine groups is 1. The van der Waals surface area contributed by atoms with E-state index in [4.69, 9.17) is 0 Å². The summed E-state index contributed by atoms with van der Waals surface area (Å²) >= 11 is 0. The molecule has 0 aromatic carbocycles. The van der Waals surface area contributed by atoms with Crippen LogP contribution in [0.3, 0.4) is 0 Å². The molecule has 2 atom stereocenters. The third-order valence-electron chi connectivity index (χ3n) is 3.35. The fraction of sp³-hybridized carbons (Fsp3) is 0.615. The van der Waals surface area contributed by atoms with Gasteiger partial charge in [0.2, 0.25) is 0 Å². The number of hydrogen-bond acceptors (Lipinski definition) is 3. The van der Waals surface area contributed by atoms with Crippen LogP contribution >= 0.6 is 0 Å². The first-order valence-electron chi connectivity index (χ1n) is 6.14. The molecule has 1 fully saturated rings. The fourth-order valence-electron chi connectivity index (χ4n) is 2.37. The van der Waals surface area contributed by atoms with Crippen molar-refractivity contribution in [3.63, 3.8) is 0 Å². The van der Waals surface area contributed by atoms with E-state index in [-0.39, 0.29) is 0 Å². The van der Waals surface area contributed by atoms with Crippen LogP contribution in [0.25, 0.3) is 0 Å². The molecule has 0 aliphatic carbocycles. The highest BCUT2D eigenvalue weighted by Gasteiger charge is 2.24. The maximum absolute atomic E-state index is 4.35. The lowest BCUT2D eigenvalue weighted by Gasteiger charge is -2.39. The average molecular weight is 219 g/mol. The van der Waals surface area contributed by atoms with Gasteiger partial charge in [-0.2, -0.15) is 0 Å². The maximum Gasteiger partial charge on any atom is 0.140 e. The van der Waals surface area contributed by atoms with E-state index >= 15 is 0 Å². The summed E-state index contributed by atoms with van der Waals surface area (Å²) in [6, 6.07) is 5.29. The molecule has 1 aliphatic rings. The normalized spacial score (nSPS) is 26.7. The van der Waals surface area contributed by atoms with Crippen molar-refractivity contribution in [1.29, 1.82) is 0 Å². The van der Waals surface area contributed by atoms with Gasteiger partial charge in [0.15, 0.2) is 0 Å². The van der Waals surface area contributed by atoms with Gasteiger partial charge >= 0.3 is 0 Å². The van der Waals surface area contributed by atoms with Gasteiger partial charge in [-0.3, -0.25) is 0 Å². The van der Waals surface area contributed by atoms with E-state index in [2.05, 4.69) is 42.3 Å². The van der Waals surface area contributed by atoms with Crippen LogP contribution in [0.2, 0.25) is 0 Å². The minimum absolute atomic E-state index is 0.589. The first kappa shape index (κ1) is 11.4. The van der Waals surface area contributed by atoms with Gasteiger partial charge < -0.3 is 5.43 Å². The van der Waals surface area contributed by atoms with Crippen LogP contribution in [0, 0.1) is 6.92 Å². The molecule has 0 radical (unpaired) electrons. The molecular formula is C13H21N3. The number of anilines is 1. The van der Waals surface area contributed by atoms with Gasteiger partial charge in [0, 0.05) is 18.3 Å². The summed E-state index contributed by atoms with van der Waals surface area (Å²) in [6.45, 7) is 6.65. The fourth-order valence-corrected chi connectivity index (χ4v) is 2.37. The van der Waals surface area contributed by atoms with Gasteiger partial charge in [-0.15, -0.1) is 0 Å². The third-order valence-corrected chi connectivity index (χ3v) is 3.35. The summed E-state index contributed by atoms with van der Waals surface area (Å²) in [5.41, 5.74) is 4.69. The molecule has 3 heteroatoms. The molecule has 16 heavy (non-hydrogen) atoms. The van der Waals surface area contributed by atoms with Crippen LogP contribution in [-0.4, -0.2) is 22.1 Å². The third kappa shape index (κ3) is 2.53. The molecule has 1 aromatic heterocycles. The van der Waals surface area contributed by atoms with Crippen molar-refractivity contribution in [2.45, 2.75) is 52.1 Å². The number of pyridine rings is 1. The van der Waals surface area contributed by atoms with Crippen molar-refractivity contribution in [3.8, 4) is 0 Å². The zero-order valence-corrected chi connectivity index (χ0v) is 10.4. The van der Waals surface area contributed by atoms with Gasteiger partial charge in [-0.25, -0.2) is 9.99 Å². The van der Waals surface area contributed by atoms with E-state index in [1.54, 1.807) is 0 Å². The lowest BCUT2D eigenvalue weighted by atomic mass is 10.00. The molecule has 2 rings (SSSR count).